The minimum Gasteiger partial charge on any atom is -0.481 e. The predicted octanol–water partition coefficient (Wildman–Crippen LogP) is 4.92. The van der Waals surface area contributed by atoms with Crippen LogP contribution in [0.15, 0.2) is 65.6 Å². The average molecular weight is 736 g/mol. The minimum atomic E-state index is -4.16. The number of hydrogen-bond donors (Lipinski definition) is 0. The van der Waals surface area contributed by atoms with Gasteiger partial charge >= 0.3 is 12.1 Å². The number of benzene rings is 2. The average Bonchev–Trinajstić information content (AvgIpc) is 3.80. The van der Waals surface area contributed by atoms with Gasteiger partial charge in [-0.25, -0.2) is 23.2 Å². The summed E-state index contributed by atoms with van der Waals surface area (Å²) in [5.74, 6) is -0.266. The molecule has 4 aromatic rings. The number of nitrogens with zero attached hydrogens (tertiary/aromatic N) is 5. The molecule has 1 spiro atoms. The van der Waals surface area contributed by atoms with Gasteiger partial charge in [-0.3, -0.25) is 9.59 Å². The summed E-state index contributed by atoms with van der Waals surface area (Å²) in [5.41, 5.74) is 1.21. The second-order valence-electron chi connectivity index (χ2n) is 13.7. The van der Waals surface area contributed by atoms with Gasteiger partial charge in [-0.15, -0.1) is 0 Å². The number of hydrogen-bond acceptors (Lipinski definition) is 11. The van der Waals surface area contributed by atoms with Gasteiger partial charge in [0.05, 0.1) is 32.0 Å². The molecular weight excluding hydrogens is 695 g/mol. The van der Waals surface area contributed by atoms with E-state index in [1.807, 2.05) is 30.3 Å². The van der Waals surface area contributed by atoms with Gasteiger partial charge in [0.15, 0.2) is 0 Å². The molecule has 1 saturated heterocycles. The van der Waals surface area contributed by atoms with Gasteiger partial charge in [-0.05, 0) is 62.6 Å². The normalized spacial score (nSPS) is 17.3. The van der Waals surface area contributed by atoms with Crippen LogP contribution in [0.1, 0.15) is 49.7 Å². The van der Waals surface area contributed by atoms with E-state index in [2.05, 4.69) is 9.97 Å². The van der Waals surface area contributed by atoms with Crippen LogP contribution >= 0.6 is 11.3 Å². The molecule has 1 fully saturated rings. The number of rotatable bonds is 10. The lowest BCUT2D eigenvalue weighted by molar-refractivity contribution is -0.154. The Bertz CT molecular complexity index is 2060. The molecule has 2 aromatic carbocycles. The first-order valence-corrected chi connectivity index (χ1v) is 18.8. The Kier molecular flexibility index (Phi) is 10.1. The molecule has 0 aliphatic carbocycles. The zero-order valence-electron chi connectivity index (χ0n) is 29.2. The molecule has 0 N–H and O–H groups in total. The van der Waals surface area contributed by atoms with Gasteiger partial charge in [-0.2, -0.15) is 4.31 Å². The summed E-state index contributed by atoms with van der Waals surface area (Å²) in [6.07, 6.45) is -0.118. The van der Waals surface area contributed by atoms with Crippen molar-refractivity contribution >= 4 is 55.4 Å². The maximum Gasteiger partial charge on any atom is 0.409 e. The fourth-order valence-electron chi connectivity index (χ4n) is 6.63. The SMILES string of the molecule is COC(=O)N1CCC2(C1)CN(C(=O)Cc1nc3ccc(OC)nc3s1)c1ccc(S(=O)(=O)N(CCC(=O)OC(C)(C)C)Cc3ccccc3)cc12. The molecule has 6 rings (SSSR count). The van der Waals surface area contributed by atoms with Crippen LogP contribution in [0.5, 0.6) is 5.88 Å². The van der Waals surface area contributed by atoms with Crippen LogP contribution in [0, 0.1) is 0 Å². The van der Waals surface area contributed by atoms with Crippen molar-refractivity contribution in [1.29, 1.82) is 0 Å². The summed E-state index contributed by atoms with van der Waals surface area (Å²) in [4.78, 5) is 52.3. The lowest BCUT2D eigenvalue weighted by atomic mass is 9.81. The lowest BCUT2D eigenvalue weighted by Gasteiger charge is -2.26. The van der Waals surface area contributed by atoms with Gasteiger partial charge in [0.1, 0.15) is 21.0 Å². The molecule has 270 valence electrons. The van der Waals surface area contributed by atoms with Gasteiger partial charge < -0.3 is 24.0 Å². The third kappa shape index (κ3) is 7.70. The number of carbonyl (C=O) groups is 3. The Labute approximate surface area is 301 Å². The van der Waals surface area contributed by atoms with Gasteiger partial charge in [0.25, 0.3) is 0 Å². The summed E-state index contributed by atoms with van der Waals surface area (Å²) in [6.45, 7) is 6.10. The number of carbonyl (C=O) groups excluding carboxylic acids is 3. The van der Waals surface area contributed by atoms with Crippen LogP contribution in [0.2, 0.25) is 0 Å². The molecule has 51 heavy (non-hydrogen) atoms. The molecular formula is C36H41N5O8S2. The highest BCUT2D eigenvalue weighted by Crippen LogP contribution is 2.48. The van der Waals surface area contributed by atoms with Crippen LogP contribution in [0.3, 0.4) is 0 Å². The number of esters is 1. The topological polar surface area (TPSA) is 149 Å². The maximum absolute atomic E-state index is 14.4. The second-order valence-corrected chi connectivity index (χ2v) is 16.7. The number of fused-ring (bicyclic) bond motifs is 3. The van der Waals surface area contributed by atoms with Crippen LogP contribution in [-0.2, 0) is 47.5 Å². The maximum atomic E-state index is 14.4. The Morgan fingerprint density at radius 3 is 2.47 bits per heavy atom. The highest BCUT2D eigenvalue weighted by atomic mass is 32.2. The van der Waals surface area contributed by atoms with Crippen LogP contribution in [0.25, 0.3) is 10.3 Å². The van der Waals surface area contributed by atoms with Crippen molar-refractivity contribution in [1.82, 2.24) is 19.2 Å². The van der Waals surface area contributed by atoms with E-state index in [-0.39, 0.29) is 49.8 Å². The molecule has 2 aliphatic heterocycles. The first-order valence-electron chi connectivity index (χ1n) is 16.6. The Balaban J connectivity index is 1.34. The van der Waals surface area contributed by atoms with Crippen LogP contribution in [0.4, 0.5) is 10.5 Å². The number of thiazole rings is 1. The number of sulfonamides is 1. The summed E-state index contributed by atoms with van der Waals surface area (Å²) >= 11 is 1.31. The third-order valence-electron chi connectivity index (χ3n) is 8.99. The molecule has 1 atom stereocenters. The van der Waals surface area contributed by atoms with E-state index in [0.29, 0.717) is 45.5 Å². The molecule has 13 nitrogen and oxygen atoms in total. The predicted molar refractivity (Wildman–Crippen MR) is 191 cm³/mol. The molecule has 0 radical (unpaired) electrons. The van der Waals surface area contributed by atoms with Crippen LogP contribution in [-0.4, -0.2) is 91.6 Å². The lowest BCUT2D eigenvalue weighted by Crippen LogP contribution is -2.40. The van der Waals surface area contributed by atoms with Crippen molar-refractivity contribution in [3.05, 3.63) is 76.8 Å². The molecule has 15 heteroatoms. The molecule has 2 aliphatic rings. The highest BCUT2D eigenvalue weighted by molar-refractivity contribution is 7.89. The third-order valence-corrected chi connectivity index (χ3v) is 11.8. The quantitative estimate of drug-likeness (QED) is 0.206. The van der Waals surface area contributed by atoms with E-state index in [1.54, 1.807) is 54.8 Å². The van der Waals surface area contributed by atoms with Gasteiger partial charge in [0.2, 0.25) is 21.8 Å². The van der Waals surface area contributed by atoms with Crippen molar-refractivity contribution in [2.45, 2.75) is 62.5 Å². The van der Waals surface area contributed by atoms with E-state index < -0.39 is 33.1 Å². The smallest absolute Gasteiger partial charge is 0.409 e. The van der Waals surface area contributed by atoms with Crippen molar-refractivity contribution in [2.75, 3.05) is 45.3 Å². The molecule has 4 heterocycles. The number of anilines is 1. The minimum absolute atomic E-state index is 0.00907. The van der Waals surface area contributed by atoms with E-state index in [9.17, 15) is 22.8 Å². The van der Waals surface area contributed by atoms with E-state index >= 15 is 0 Å². The van der Waals surface area contributed by atoms with Crippen LogP contribution < -0.4 is 9.64 Å². The Morgan fingerprint density at radius 1 is 1.00 bits per heavy atom. The van der Waals surface area contributed by atoms with E-state index in [4.69, 9.17) is 14.2 Å². The van der Waals surface area contributed by atoms with Gasteiger partial charge in [0, 0.05) is 49.9 Å². The fourth-order valence-corrected chi connectivity index (χ4v) is 9.00. The Morgan fingerprint density at radius 2 is 1.76 bits per heavy atom. The number of ether oxygens (including phenoxy) is 3. The number of methoxy groups -OCH3 is 2. The van der Waals surface area contributed by atoms with Crippen molar-refractivity contribution < 1.29 is 37.0 Å². The number of likely N-dealkylation sites (tertiary alicyclic amines) is 1. The Hall–Kier alpha value is -4.60. The first-order chi connectivity index (χ1) is 24.2. The van der Waals surface area contributed by atoms with Crippen molar-refractivity contribution in [3.63, 3.8) is 0 Å². The monoisotopic (exact) mass is 735 g/mol. The fraction of sp³-hybridized carbons (Fsp3) is 0.417. The standard InChI is InChI=1S/C36H41N5O8S2/c1-35(2,3)49-32(43)15-17-40(21-24-9-7-6-8-10-24)51(45,46)25-11-13-28-26(19-25)36(16-18-39(22-36)34(44)48-5)23-41(28)31(42)20-30-37-27-12-14-29(47-4)38-33(27)50-30/h6-14,19H,15-18,20-23H2,1-5H3. The zero-order valence-corrected chi connectivity index (χ0v) is 30.9. The molecule has 0 saturated carbocycles. The summed E-state index contributed by atoms with van der Waals surface area (Å²) in [5, 5.41) is 0.585. The van der Waals surface area contributed by atoms with E-state index in [0.717, 1.165) is 5.56 Å². The number of pyridine rings is 1. The second kappa shape index (κ2) is 14.2. The summed E-state index contributed by atoms with van der Waals surface area (Å²) in [6, 6.07) is 17.5. The van der Waals surface area contributed by atoms with E-state index in [1.165, 1.54) is 35.9 Å². The largest absolute Gasteiger partial charge is 0.481 e. The molecule has 2 aromatic heterocycles. The number of aromatic nitrogens is 2. The number of amides is 2. The molecule has 0 bridgehead atoms. The summed E-state index contributed by atoms with van der Waals surface area (Å²) in [7, 11) is -1.31. The zero-order chi connectivity index (χ0) is 36.6. The first kappa shape index (κ1) is 36.2. The molecule has 2 amide bonds. The summed E-state index contributed by atoms with van der Waals surface area (Å²) < 4.78 is 45.9. The molecule has 1 unspecified atom stereocenters. The van der Waals surface area contributed by atoms with Crippen molar-refractivity contribution in [3.8, 4) is 5.88 Å². The van der Waals surface area contributed by atoms with Gasteiger partial charge in [-0.1, -0.05) is 41.7 Å². The van der Waals surface area contributed by atoms with Crippen molar-refractivity contribution in [2.24, 2.45) is 0 Å². The highest BCUT2D eigenvalue weighted by Gasteiger charge is 2.50.